The molecule has 0 saturated carbocycles. The number of hydrogen-bond donors (Lipinski definition) is 0. The van der Waals surface area contributed by atoms with Crippen molar-refractivity contribution in [1.82, 2.24) is 0 Å². The zero-order chi connectivity index (χ0) is 16.3. The average molecular weight is 320 g/mol. The van der Waals surface area contributed by atoms with Gasteiger partial charge in [0, 0.05) is 0 Å². The van der Waals surface area contributed by atoms with Gasteiger partial charge in [-0.3, -0.25) is 0 Å². The van der Waals surface area contributed by atoms with Crippen LogP contribution in [0.1, 0.15) is 19.4 Å². The van der Waals surface area contributed by atoms with Crippen molar-refractivity contribution in [2.75, 3.05) is 13.2 Å². The first kappa shape index (κ1) is 18.5. The van der Waals surface area contributed by atoms with Gasteiger partial charge in [-0.15, -0.1) is 0 Å². The van der Waals surface area contributed by atoms with Gasteiger partial charge in [0.25, 0.3) is 0 Å². The van der Waals surface area contributed by atoms with Crippen LogP contribution in [0.4, 0.5) is 0 Å². The van der Waals surface area contributed by atoms with Crippen molar-refractivity contribution in [3.8, 4) is 0 Å². The van der Waals surface area contributed by atoms with Crippen molar-refractivity contribution in [2.45, 2.75) is 20.8 Å². The molecule has 0 spiro atoms. The van der Waals surface area contributed by atoms with Crippen LogP contribution in [0.2, 0.25) is 0 Å². The van der Waals surface area contributed by atoms with Crippen LogP contribution in [-0.2, 0) is 13.8 Å². The molecule has 0 saturated heterocycles. The van der Waals surface area contributed by atoms with Crippen LogP contribution in [0, 0.1) is 6.92 Å². The van der Waals surface area contributed by atoms with E-state index >= 15 is 0 Å². The summed E-state index contributed by atoms with van der Waals surface area (Å²) in [5, 5.41) is 0.865. The van der Waals surface area contributed by atoms with E-state index in [0.29, 0.717) is 13.2 Å². The smallest absolute Gasteiger partial charge is 0.0398 e. The molecule has 0 aliphatic carbocycles. The molecule has 0 aliphatic rings. The maximum Gasteiger partial charge on any atom is -0.0398 e. The van der Waals surface area contributed by atoms with E-state index in [1.54, 1.807) is 0 Å². The third-order valence-corrected chi connectivity index (χ3v) is 5.87. The Bertz CT molecular complexity index is 523. The molecule has 120 valence electrons. The number of aryl methyl sites for hydroxylation is 1. The third-order valence-electron chi connectivity index (χ3n) is 2.99. The Hall–Kier alpha value is -1.54. The minimum atomic E-state index is -2.83. The molecular formula is C18H25O3P. The fourth-order valence-electron chi connectivity index (χ4n) is 1.98. The Kier molecular flexibility index (Phi) is 8.61. The monoisotopic (exact) mass is 320 g/mol. The fraction of sp³-hybridized carbons (Fsp3) is 0.278. The van der Waals surface area contributed by atoms with E-state index in [1.807, 2.05) is 62.4 Å². The topological polar surface area (TPSA) is 35.5 Å². The summed E-state index contributed by atoms with van der Waals surface area (Å²) in [7, 11) is -2.83. The van der Waals surface area contributed by atoms with Gasteiger partial charge in [-0.05, 0) is 6.92 Å². The van der Waals surface area contributed by atoms with Gasteiger partial charge < -0.3 is 0 Å². The van der Waals surface area contributed by atoms with Gasteiger partial charge in [-0.2, -0.15) is 0 Å². The summed E-state index contributed by atoms with van der Waals surface area (Å²) < 4.78 is 11.1. The zero-order valence-corrected chi connectivity index (χ0v) is 14.5. The molecule has 0 heterocycles. The quantitative estimate of drug-likeness (QED) is 0.592. The molecule has 0 unspecified atom stereocenters. The molecule has 0 radical (unpaired) electrons. The first-order chi connectivity index (χ1) is 10.7. The van der Waals surface area contributed by atoms with E-state index in [1.165, 1.54) is 5.56 Å². The van der Waals surface area contributed by atoms with Crippen molar-refractivity contribution < 1.29 is 13.8 Å². The van der Waals surface area contributed by atoms with E-state index in [4.69, 9.17) is 9.05 Å². The molecule has 2 aromatic carbocycles. The number of rotatable bonds is 6. The van der Waals surface area contributed by atoms with E-state index in [2.05, 4.69) is 19.1 Å². The van der Waals surface area contributed by atoms with Crippen molar-refractivity contribution in [3.05, 3.63) is 66.2 Å². The number of carbonyl (C=O) groups excluding carboxylic acids is 1. The molecule has 4 heteroatoms. The Morgan fingerprint density at radius 1 is 0.864 bits per heavy atom. The van der Waals surface area contributed by atoms with Gasteiger partial charge in [0.05, 0.1) is 0 Å². The van der Waals surface area contributed by atoms with Crippen molar-refractivity contribution in [3.63, 3.8) is 0 Å². The van der Waals surface area contributed by atoms with Crippen LogP contribution in [0.5, 0.6) is 0 Å². The van der Waals surface area contributed by atoms with Crippen LogP contribution in [0.15, 0.2) is 60.7 Å². The molecule has 3 nitrogen and oxygen atoms in total. The molecular weight excluding hydrogens is 295 g/mol. The Labute approximate surface area is 133 Å². The summed E-state index contributed by atoms with van der Waals surface area (Å²) >= 11 is 0. The summed E-state index contributed by atoms with van der Waals surface area (Å²) in [5.41, 5.74) is 1.32. The van der Waals surface area contributed by atoms with Gasteiger partial charge in [-0.1, -0.05) is 35.9 Å². The van der Waals surface area contributed by atoms with Crippen LogP contribution in [-0.4, -0.2) is 19.2 Å². The largest absolute Gasteiger partial charge is 0.0622 e. The average Bonchev–Trinajstić information content (AvgIpc) is 2.57. The third kappa shape index (κ3) is 5.69. The Morgan fingerprint density at radius 3 is 1.64 bits per heavy atom. The first-order valence-electron chi connectivity index (χ1n) is 7.50. The standard InChI is InChI=1S/C11H17O3P.C7H8/c1-3-13-15(10-12,14-4-2)11-8-6-5-7-9-11;1-7-5-3-2-4-6-7/h5-10,15H,3-4H2,1-2H3;2-6H,1H3. The predicted octanol–water partition coefficient (Wildman–Crippen LogP) is 4.15. The van der Waals surface area contributed by atoms with Crippen LogP contribution in [0.3, 0.4) is 0 Å². The SMILES string of the molecule is CCO[PH](C=O)(OCC)c1ccccc1.Cc1ccccc1. The summed E-state index contributed by atoms with van der Waals surface area (Å²) in [6.07, 6.45) is 0. The molecule has 0 aliphatic heterocycles. The normalized spacial score (nSPS) is 11.2. The minimum Gasteiger partial charge on any atom is -0.0622 e. The second-order valence-corrected chi connectivity index (χ2v) is 7.40. The van der Waals surface area contributed by atoms with Crippen LogP contribution in [0.25, 0.3) is 0 Å². The maximum atomic E-state index is 11.2. The minimum absolute atomic E-state index is 0.486. The van der Waals surface area contributed by atoms with E-state index < -0.39 is 7.72 Å². The number of carbonyl (C=O) groups is 1. The van der Waals surface area contributed by atoms with Crippen LogP contribution < -0.4 is 5.30 Å². The molecule has 0 atom stereocenters. The molecule has 0 bridgehead atoms. The predicted molar refractivity (Wildman–Crippen MR) is 95.6 cm³/mol. The summed E-state index contributed by atoms with van der Waals surface area (Å²) in [4.78, 5) is 11.2. The van der Waals surface area contributed by atoms with Gasteiger partial charge in [0.2, 0.25) is 0 Å². The molecule has 22 heavy (non-hydrogen) atoms. The van der Waals surface area contributed by atoms with Crippen molar-refractivity contribution in [1.29, 1.82) is 0 Å². The maximum absolute atomic E-state index is 11.2. The summed E-state index contributed by atoms with van der Waals surface area (Å²) in [6, 6.07) is 20.5. The molecule has 0 fully saturated rings. The molecule has 0 N–H and O–H groups in total. The first-order valence-corrected chi connectivity index (χ1v) is 9.39. The van der Waals surface area contributed by atoms with E-state index in [9.17, 15) is 4.79 Å². The molecule has 0 aromatic heterocycles. The second-order valence-electron chi connectivity index (χ2n) is 4.67. The molecule has 2 rings (SSSR count). The van der Waals surface area contributed by atoms with Crippen molar-refractivity contribution >= 4 is 19.0 Å². The number of benzene rings is 2. The van der Waals surface area contributed by atoms with Gasteiger partial charge in [0.15, 0.2) is 0 Å². The number of hydrogen-bond acceptors (Lipinski definition) is 3. The van der Waals surface area contributed by atoms with Crippen molar-refractivity contribution in [2.24, 2.45) is 0 Å². The van der Waals surface area contributed by atoms with Crippen LogP contribution >= 0.6 is 7.72 Å². The van der Waals surface area contributed by atoms with Gasteiger partial charge >= 0.3 is 90.3 Å². The zero-order valence-electron chi connectivity index (χ0n) is 13.5. The molecule has 0 amide bonds. The Balaban J connectivity index is 0.000000287. The fourth-order valence-corrected chi connectivity index (χ4v) is 4.18. The van der Waals surface area contributed by atoms with E-state index in [0.717, 1.165) is 11.3 Å². The van der Waals surface area contributed by atoms with Gasteiger partial charge in [0.1, 0.15) is 0 Å². The summed E-state index contributed by atoms with van der Waals surface area (Å²) in [6.45, 7) is 6.79. The Morgan fingerprint density at radius 2 is 1.32 bits per heavy atom. The summed E-state index contributed by atoms with van der Waals surface area (Å²) in [5.74, 6) is 0. The van der Waals surface area contributed by atoms with Gasteiger partial charge in [-0.25, -0.2) is 0 Å². The van der Waals surface area contributed by atoms with E-state index in [-0.39, 0.29) is 0 Å². The second kappa shape index (κ2) is 10.2. The molecule has 2 aromatic rings.